The number of nitrogens with zero attached hydrogens (tertiary/aromatic N) is 2. The monoisotopic (exact) mass is 1400 g/mol. The minimum absolute atomic E-state index is 0.118. The largest absolute Gasteiger partial charge is 0.509 e. The van der Waals surface area contributed by atoms with Crippen molar-refractivity contribution in [1.82, 2.24) is 9.80 Å². The Balaban J connectivity index is 0.000000169. The Morgan fingerprint density at radius 3 is 1.42 bits per heavy atom. The molecule has 2 aromatic carbocycles. The van der Waals surface area contributed by atoms with Gasteiger partial charge in [0.2, 0.25) is 6.79 Å². The molecule has 93 heavy (non-hydrogen) atoms. The first-order chi connectivity index (χ1) is 45.3. The van der Waals surface area contributed by atoms with Crippen molar-refractivity contribution in [2.24, 2.45) is 11.8 Å². The predicted molar refractivity (Wildman–Crippen MR) is 379 cm³/mol. The second-order valence-electron chi connectivity index (χ2n) is 30.2. The van der Waals surface area contributed by atoms with E-state index in [1.165, 1.54) is 197 Å². The lowest BCUT2D eigenvalue weighted by Crippen LogP contribution is -2.75. The molecule has 10 aliphatic rings. The number of esters is 1. The van der Waals surface area contributed by atoms with Crippen LogP contribution in [0.1, 0.15) is 293 Å². The van der Waals surface area contributed by atoms with Gasteiger partial charge in [-0.25, -0.2) is 4.79 Å². The second kappa shape index (κ2) is 34.8. The van der Waals surface area contributed by atoms with Gasteiger partial charge in [-0.1, -0.05) is 213 Å². The van der Waals surface area contributed by atoms with Crippen LogP contribution in [0.2, 0.25) is 0 Å². The molecule has 0 aromatic heterocycles. The van der Waals surface area contributed by atoms with Crippen molar-refractivity contribution in [3.8, 4) is 23.0 Å². The molecule has 12 rings (SSSR count). The summed E-state index contributed by atoms with van der Waals surface area (Å²) in [4.78, 5) is 28.5. The summed E-state index contributed by atoms with van der Waals surface area (Å²) in [5, 5.41) is 35.0. The van der Waals surface area contributed by atoms with Crippen molar-refractivity contribution in [2.45, 2.75) is 330 Å². The Morgan fingerprint density at radius 2 is 0.968 bits per heavy atom. The van der Waals surface area contributed by atoms with Crippen LogP contribution in [0.25, 0.3) is 0 Å². The smallest absolute Gasteiger partial charge is 0.504 e. The summed E-state index contributed by atoms with van der Waals surface area (Å²) >= 11 is 1.98. The van der Waals surface area contributed by atoms with Crippen molar-refractivity contribution >= 4 is 34.7 Å². The number of phenols is 1. The molecule has 2 saturated heterocycles. The van der Waals surface area contributed by atoms with E-state index in [1.54, 1.807) is 6.07 Å². The van der Waals surface area contributed by atoms with Gasteiger partial charge in [-0.2, -0.15) is 0 Å². The lowest BCUT2D eigenvalue weighted by atomic mass is 9.48. The number of rotatable bonds is 39. The molecule has 3 N–H and O–H groups in total. The third-order valence-electron chi connectivity index (χ3n) is 23.7. The Labute approximate surface area is 574 Å². The van der Waals surface area contributed by atoms with Crippen LogP contribution in [0.3, 0.4) is 0 Å². The van der Waals surface area contributed by atoms with Gasteiger partial charge in [0.1, 0.15) is 16.8 Å². The summed E-state index contributed by atoms with van der Waals surface area (Å²) in [5.41, 5.74) is 4.37. The first kappa shape index (κ1) is 72.2. The molecule has 4 heterocycles. The van der Waals surface area contributed by atoms with Crippen molar-refractivity contribution < 1.29 is 53.3 Å². The summed E-state index contributed by atoms with van der Waals surface area (Å²) in [6, 6.07) is 8.21. The van der Waals surface area contributed by atoms with Gasteiger partial charge >= 0.3 is 12.1 Å². The number of benzene rings is 2. The fourth-order valence-corrected chi connectivity index (χ4v) is 18.6. The zero-order valence-electron chi connectivity index (χ0n) is 57.7. The highest BCUT2D eigenvalue weighted by Crippen LogP contribution is 2.68. The van der Waals surface area contributed by atoms with E-state index < -0.39 is 28.2 Å². The highest BCUT2D eigenvalue weighted by Gasteiger charge is 2.73. The van der Waals surface area contributed by atoms with Crippen LogP contribution < -0.4 is 14.2 Å². The van der Waals surface area contributed by atoms with E-state index in [0.29, 0.717) is 29.1 Å². The maximum atomic E-state index is 12.5. The number of hydrogen-bond donors (Lipinski definition) is 3. The van der Waals surface area contributed by atoms with E-state index in [9.17, 15) is 24.9 Å². The number of phenolic OH excluding ortho intramolecular Hbond substituents is 1. The maximum absolute atomic E-state index is 12.5. The van der Waals surface area contributed by atoms with E-state index in [2.05, 4.69) is 47.6 Å². The summed E-state index contributed by atoms with van der Waals surface area (Å²) in [6.45, 7) is 17.8. The standard InChI is InChI=1S/C40H61NO5.C21H25NO3.C18H35IO3/c1-3-4-5-6-7-8-9-10-11-12-13-14-15-16-17-18-35(42)45-29-44-33-22-21-32-27-34-40(43)24-23-30(2)38-39(40,36(32)37(33)46-38)25-26-41(34)28-31-19-20-31;1-12-6-7-21(24)16-10-14-4-5-15(23)18-17(14)20(21,19(12)25-18)8-9-22(16)11-13-2-3-13;1-2-3-4-5-6-7-8-9-10-11-12-13-14-15-16-21-18(20)22-17-19/h21-22,31,34,38,43H,2-20,23-29H2,1H3;4-5,13,16,19,23-24H,1-3,6-11H2;2-17H2,1H3/t34?,38-,39-,40+;16?,19-,20-,21+;/m00./s1. The topological polar surface area (TPSA) is 157 Å². The van der Waals surface area contributed by atoms with E-state index in [1.807, 2.05) is 34.7 Å². The van der Waals surface area contributed by atoms with Gasteiger partial charge in [0.15, 0.2) is 23.0 Å². The molecule has 6 aliphatic carbocycles. The Bertz CT molecular complexity index is 2750. The summed E-state index contributed by atoms with van der Waals surface area (Å²) < 4.78 is 34.5. The van der Waals surface area contributed by atoms with E-state index in [-0.39, 0.29) is 42.8 Å². The quantitative estimate of drug-likeness (QED) is 0.0145. The molecule has 0 amide bonds. The average molecular weight is 1400 g/mol. The lowest BCUT2D eigenvalue weighted by molar-refractivity contribution is -0.174. The molecular formula is C79H121IN2O11. The Kier molecular flexibility index (Phi) is 27.0. The fourth-order valence-electron chi connectivity index (χ4n) is 18.3. The maximum Gasteiger partial charge on any atom is 0.509 e. The van der Waals surface area contributed by atoms with Crippen molar-refractivity contribution in [1.29, 1.82) is 0 Å². The molecule has 4 saturated carbocycles. The summed E-state index contributed by atoms with van der Waals surface area (Å²) in [7, 11) is 0. The molecule has 13 nitrogen and oxygen atoms in total. The van der Waals surface area contributed by atoms with Crippen molar-refractivity contribution in [3.05, 3.63) is 70.8 Å². The Morgan fingerprint density at radius 1 is 0.548 bits per heavy atom. The van der Waals surface area contributed by atoms with Gasteiger partial charge in [-0.3, -0.25) is 14.6 Å². The molecule has 2 spiro atoms. The number of alkyl halides is 1. The number of unbranched alkanes of at least 4 members (excludes halogenated alkanes) is 27. The molecule has 8 atom stereocenters. The number of halogens is 1. The summed E-state index contributed by atoms with van der Waals surface area (Å²) in [5.74, 6) is 3.57. The molecule has 2 aromatic rings. The Hall–Kier alpha value is -3.57. The van der Waals surface area contributed by atoms with Gasteiger partial charge in [0.25, 0.3) is 0 Å². The second-order valence-corrected chi connectivity index (χ2v) is 30.8. The molecule has 2 unspecified atom stereocenters. The van der Waals surface area contributed by atoms with Gasteiger partial charge < -0.3 is 43.7 Å². The number of hydrogen-bond acceptors (Lipinski definition) is 13. The third kappa shape index (κ3) is 16.9. The molecular weight excluding hydrogens is 1280 g/mol. The summed E-state index contributed by atoms with van der Waals surface area (Å²) in [6.07, 6.45) is 49.6. The molecule has 520 valence electrons. The number of piperidine rings is 2. The minimum Gasteiger partial charge on any atom is -0.504 e. The number of carbonyl (C=O) groups excluding carboxylic acids is 2. The van der Waals surface area contributed by atoms with Crippen LogP contribution in [0.4, 0.5) is 4.79 Å². The van der Waals surface area contributed by atoms with Crippen LogP contribution in [-0.2, 0) is 42.7 Å². The van der Waals surface area contributed by atoms with Crippen LogP contribution in [0, 0.1) is 11.8 Å². The van der Waals surface area contributed by atoms with E-state index in [0.717, 1.165) is 143 Å². The highest BCUT2D eigenvalue weighted by atomic mass is 127. The normalized spacial score (nSPS) is 27.4. The number of likely N-dealkylation sites (tertiary alicyclic amines) is 2. The molecule has 6 fully saturated rings. The average Bonchev–Trinajstić information content (AvgIpc) is 1.58. The predicted octanol–water partition coefficient (Wildman–Crippen LogP) is 18.5. The molecule has 4 bridgehead atoms. The lowest BCUT2D eigenvalue weighted by Gasteiger charge is -2.63. The zero-order chi connectivity index (χ0) is 65.3. The number of aromatic hydroxyl groups is 1. The van der Waals surface area contributed by atoms with Crippen LogP contribution in [-0.4, -0.2) is 117 Å². The van der Waals surface area contributed by atoms with Gasteiger partial charge in [0, 0.05) is 42.7 Å². The zero-order valence-corrected chi connectivity index (χ0v) is 59.9. The molecule has 14 heteroatoms. The van der Waals surface area contributed by atoms with E-state index >= 15 is 0 Å². The van der Waals surface area contributed by atoms with Crippen molar-refractivity contribution in [3.63, 3.8) is 0 Å². The van der Waals surface area contributed by atoms with Crippen LogP contribution in [0.5, 0.6) is 23.0 Å². The van der Waals surface area contributed by atoms with Gasteiger partial charge in [-0.15, -0.1) is 0 Å². The minimum atomic E-state index is -0.831. The molecule has 0 radical (unpaired) electrons. The first-order valence-electron chi connectivity index (χ1n) is 38.1. The number of ether oxygens (including phenoxy) is 6. The van der Waals surface area contributed by atoms with Crippen LogP contribution >= 0.6 is 22.6 Å². The molecule has 4 aliphatic heterocycles. The fraction of sp³-hybridized carbons (Fsp3) is 0.772. The van der Waals surface area contributed by atoms with Crippen molar-refractivity contribution in [2.75, 3.05) is 44.2 Å². The first-order valence-corrected chi connectivity index (χ1v) is 39.6. The highest BCUT2D eigenvalue weighted by molar-refractivity contribution is 14.1. The SMILES string of the molecule is C=C1CC[C@@]2(O)C3Cc4ccc(O)c5c4[C@@]2(CCN3CC2CC2)[C@H]1O5.C=C1CC[C@@]2(O)C3Cc4ccc(OCOC(=O)CCCCCCCCCCCCCCCCC)c5c4[C@@]2(CCN3CC2CC2)[C@H]1O5.CCCCCCCCCCCCCCCCOC(=O)OCI. The number of carbonyl (C=O) groups is 2. The third-order valence-corrected chi connectivity index (χ3v) is 24.0. The van der Waals surface area contributed by atoms with Gasteiger partial charge in [-0.05, 0) is 172 Å². The number of aliphatic hydroxyl groups is 2. The van der Waals surface area contributed by atoms with E-state index in [4.69, 9.17) is 23.7 Å². The van der Waals surface area contributed by atoms with Crippen LogP contribution in [0.15, 0.2) is 48.6 Å². The van der Waals surface area contributed by atoms with Gasteiger partial charge in [0.05, 0.1) is 28.6 Å².